The zero-order chi connectivity index (χ0) is 20.4. The standard InChI is InChI=1S/C22H36N4O2/c1-5-19(26-14-8-9-21(26)27)12-13-24-22(23-6-2)25-16-18-11-10-17(4)15-20(18)28-7-3/h10-11,15,19H,5-9,12-14,16H2,1-4H3,(H2,23,24,25). The Labute approximate surface area is 169 Å². The summed E-state index contributed by atoms with van der Waals surface area (Å²) in [5.74, 6) is 2.00. The molecule has 0 spiro atoms. The molecule has 1 aromatic carbocycles. The first kappa shape index (κ1) is 22.1. The molecule has 1 aliphatic rings. The fourth-order valence-corrected chi connectivity index (χ4v) is 3.58. The first-order chi connectivity index (χ1) is 13.6. The summed E-state index contributed by atoms with van der Waals surface area (Å²) in [6, 6.07) is 6.55. The summed E-state index contributed by atoms with van der Waals surface area (Å²) in [5, 5.41) is 6.72. The first-order valence-corrected chi connectivity index (χ1v) is 10.6. The molecule has 0 aromatic heterocycles. The molecule has 1 aromatic rings. The predicted molar refractivity (Wildman–Crippen MR) is 115 cm³/mol. The fraction of sp³-hybridized carbons (Fsp3) is 0.636. The number of aryl methyl sites for hydroxylation is 1. The number of likely N-dealkylation sites (tertiary alicyclic amines) is 1. The van der Waals surface area contributed by atoms with Crippen LogP contribution in [0, 0.1) is 6.92 Å². The monoisotopic (exact) mass is 388 g/mol. The highest BCUT2D eigenvalue weighted by Crippen LogP contribution is 2.21. The Balaban J connectivity index is 1.94. The molecule has 156 valence electrons. The van der Waals surface area contributed by atoms with E-state index in [0.717, 1.165) is 56.2 Å². The van der Waals surface area contributed by atoms with Gasteiger partial charge in [0.2, 0.25) is 5.91 Å². The molecule has 6 nitrogen and oxygen atoms in total. The van der Waals surface area contributed by atoms with Gasteiger partial charge >= 0.3 is 0 Å². The smallest absolute Gasteiger partial charge is 0.222 e. The second kappa shape index (κ2) is 11.6. The van der Waals surface area contributed by atoms with Crippen LogP contribution in [0.3, 0.4) is 0 Å². The minimum Gasteiger partial charge on any atom is -0.494 e. The van der Waals surface area contributed by atoms with Gasteiger partial charge < -0.3 is 20.3 Å². The van der Waals surface area contributed by atoms with Gasteiger partial charge in [-0.05, 0) is 51.7 Å². The van der Waals surface area contributed by atoms with Crippen molar-refractivity contribution in [2.24, 2.45) is 4.99 Å². The molecule has 0 radical (unpaired) electrons. The van der Waals surface area contributed by atoms with E-state index < -0.39 is 0 Å². The van der Waals surface area contributed by atoms with E-state index in [1.807, 2.05) is 11.8 Å². The zero-order valence-corrected chi connectivity index (χ0v) is 17.9. The van der Waals surface area contributed by atoms with E-state index in [4.69, 9.17) is 9.73 Å². The molecule has 1 unspecified atom stereocenters. The van der Waals surface area contributed by atoms with Gasteiger partial charge in [-0.25, -0.2) is 4.99 Å². The van der Waals surface area contributed by atoms with Gasteiger partial charge in [-0.3, -0.25) is 4.79 Å². The maximum atomic E-state index is 12.0. The second-order valence-electron chi connectivity index (χ2n) is 7.21. The number of hydrogen-bond donors (Lipinski definition) is 2. The van der Waals surface area contributed by atoms with Gasteiger partial charge in [-0.15, -0.1) is 0 Å². The Morgan fingerprint density at radius 1 is 1.29 bits per heavy atom. The van der Waals surface area contributed by atoms with Crippen molar-refractivity contribution in [3.8, 4) is 5.75 Å². The second-order valence-corrected chi connectivity index (χ2v) is 7.21. The normalized spacial score (nSPS) is 15.6. The van der Waals surface area contributed by atoms with E-state index in [0.29, 0.717) is 31.5 Å². The summed E-state index contributed by atoms with van der Waals surface area (Å²) in [6.07, 6.45) is 3.61. The van der Waals surface area contributed by atoms with Crippen LogP contribution >= 0.6 is 0 Å². The van der Waals surface area contributed by atoms with Crippen LogP contribution in [0.2, 0.25) is 0 Å². The molecule has 1 atom stereocenters. The van der Waals surface area contributed by atoms with Crippen LogP contribution < -0.4 is 15.4 Å². The number of aliphatic imine (C=N–C) groups is 1. The summed E-state index contributed by atoms with van der Waals surface area (Å²) in [4.78, 5) is 18.8. The van der Waals surface area contributed by atoms with Crippen LogP contribution in [0.25, 0.3) is 0 Å². The SMILES string of the molecule is CCNC(=NCc1ccc(C)cc1OCC)NCCC(CC)N1CCCC1=O. The van der Waals surface area contributed by atoms with Crippen molar-refractivity contribution in [1.82, 2.24) is 15.5 Å². The van der Waals surface area contributed by atoms with Crippen molar-refractivity contribution in [1.29, 1.82) is 0 Å². The number of guanidine groups is 1. The highest BCUT2D eigenvalue weighted by Gasteiger charge is 2.26. The predicted octanol–water partition coefficient (Wildman–Crippen LogP) is 3.24. The van der Waals surface area contributed by atoms with E-state index in [1.165, 1.54) is 5.56 Å². The molecule has 6 heteroatoms. The molecule has 1 saturated heterocycles. The summed E-state index contributed by atoms with van der Waals surface area (Å²) in [6.45, 7) is 12.0. The Kier molecular flexibility index (Phi) is 9.11. The van der Waals surface area contributed by atoms with Crippen molar-refractivity contribution in [3.05, 3.63) is 29.3 Å². The summed E-state index contributed by atoms with van der Waals surface area (Å²) in [7, 11) is 0. The summed E-state index contributed by atoms with van der Waals surface area (Å²) in [5.41, 5.74) is 2.27. The lowest BCUT2D eigenvalue weighted by molar-refractivity contribution is -0.129. The largest absolute Gasteiger partial charge is 0.494 e. The molecular weight excluding hydrogens is 352 g/mol. The topological polar surface area (TPSA) is 66.0 Å². The van der Waals surface area contributed by atoms with Crippen LogP contribution in [0.5, 0.6) is 5.75 Å². The van der Waals surface area contributed by atoms with E-state index >= 15 is 0 Å². The molecule has 0 bridgehead atoms. The van der Waals surface area contributed by atoms with Crippen molar-refractivity contribution in [2.75, 3.05) is 26.2 Å². The maximum absolute atomic E-state index is 12.0. The van der Waals surface area contributed by atoms with Gasteiger partial charge in [0.25, 0.3) is 0 Å². The number of carbonyl (C=O) groups excluding carboxylic acids is 1. The quantitative estimate of drug-likeness (QED) is 0.477. The third kappa shape index (κ3) is 6.43. The van der Waals surface area contributed by atoms with E-state index in [1.54, 1.807) is 0 Å². The van der Waals surface area contributed by atoms with Gasteiger partial charge in [0, 0.05) is 37.7 Å². The molecule has 1 amide bonds. The van der Waals surface area contributed by atoms with Crippen LogP contribution in [-0.4, -0.2) is 49.0 Å². The molecule has 1 aliphatic heterocycles. The lowest BCUT2D eigenvalue weighted by atomic mass is 10.1. The Morgan fingerprint density at radius 3 is 2.75 bits per heavy atom. The number of hydrogen-bond acceptors (Lipinski definition) is 3. The Hall–Kier alpha value is -2.24. The number of benzene rings is 1. The van der Waals surface area contributed by atoms with Crippen LogP contribution in [-0.2, 0) is 11.3 Å². The van der Waals surface area contributed by atoms with Gasteiger partial charge in [-0.1, -0.05) is 19.1 Å². The number of rotatable bonds is 10. The first-order valence-electron chi connectivity index (χ1n) is 10.6. The summed E-state index contributed by atoms with van der Waals surface area (Å²) < 4.78 is 5.76. The van der Waals surface area contributed by atoms with Crippen molar-refractivity contribution in [2.45, 2.75) is 66.0 Å². The molecule has 28 heavy (non-hydrogen) atoms. The summed E-state index contributed by atoms with van der Waals surface area (Å²) >= 11 is 0. The highest BCUT2D eigenvalue weighted by atomic mass is 16.5. The third-order valence-corrected chi connectivity index (χ3v) is 5.07. The minimum atomic E-state index is 0.301. The lowest BCUT2D eigenvalue weighted by Gasteiger charge is -2.27. The van der Waals surface area contributed by atoms with E-state index in [-0.39, 0.29) is 0 Å². The zero-order valence-electron chi connectivity index (χ0n) is 17.9. The molecule has 1 heterocycles. The van der Waals surface area contributed by atoms with Gasteiger partial charge in [0.1, 0.15) is 5.75 Å². The Bertz CT molecular complexity index is 660. The van der Waals surface area contributed by atoms with Gasteiger partial charge in [-0.2, -0.15) is 0 Å². The molecular formula is C22H36N4O2. The lowest BCUT2D eigenvalue weighted by Crippen LogP contribution is -2.42. The Morgan fingerprint density at radius 2 is 2.11 bits per heavy atom. The molecule has 2 rings (SSSR count). The number of nitrogens with one attached hydrogen (secondary N) is 2. The average Bonchev–Trinajstić information content (AvgIpc) is 3.10. The van der Waals surface area contributed by atoms with Crippen molar-refractivity contribution < 1.29 is 9.53 Å². The number of carbonyl (C=O) groups is 1. The van der Waals surface area contributed by atoms with Crippen LogP contribution in [0.1, 0.15) is 57.6 Å². The molecule has 2 N–H and O–H groups in total. The third-order valence-electron chi connectivity index (χ3n) is 5.07. The fourth-order valence-electron chi connectivity index (χ4n) is 3.58. The van der Waals surface area contributed by atoms with Crippen molar-refractivity contribution in [3.63, 3.8) is 0 Å². The van der Waals surface area contributed by atoms with E-state index in [9.17, 15) is 4.79 Å². The highest BCUT2D eigenvalue weighted by molar-refractivity contribution is 5.80. The number of amides is 1. The van der Waals surface area contributed by atoms with Crippen LogP contribution in [0.15, 0.2) is 23.2 Å². The molecule has 1 fully saturated rings. The maximum Gasteiger partial charge on any atom is 0.222 e. The van der Waals surface area contributed by atoms with Gasteiger partial charge in [0.05, 0.1) is 13.2 Å². The number of nitrogens with zero attached hydrogens (tertiary/aromatic N) is 2. The van der Waals surface area contributed by atoms with E-state index in [2.05, 4.69) is 49.6 Å². The van der Waals surface area contributed by atoms with Gasteiger partial charge in [0.15, 0.2) is 5.96 Å². The number of ether oxygens (including phenoxy) is 1. The molecule has 0 saturated carbocycles. The van der Waals surface area contributed by atoms with Crippen LogP contribution in [0.4, 0.5) is 0 Å². The van der Waals surface area contributed by atoms with Crippen molar-refractivity contribution >= 4 is 11.9 Å². The minimum absolute atomic E-state index is 0.301. The molecule has 0 aliphatic carbocycles. The average molecular weight is 389 g/mol.